The Hall–Kier alpha value is -2.08. The van der Waals surface area contributed by atoms with E-state index in [-0.39, 0.29) is 17.9 Å². The van der Waals surface area contributed by atoms with Crippen LogP contribution in [0.15, 0.2) is 24.3 Å². The number of esters is 1. The number of nitrogens with one attached hydrogen (secondary N) is 2. The third kappa shape index (κ3) is 5.90. The molecule has 126 valence electrons. The van der Waals surface area contributed by atoms with Crippen molar-refractivity contribution >= 4 is 17.6 Å². The lowest BCUT2D eigenvalue weighted by molar-refractivity contribution is -0.140. The summed E-state index contributed by atoms with van der Waals surface area (Å²) >= 11 is 0. The van der Waals surface area contributed by atoms with Crippen molar-refractivity contribution < 1.29 is 19.1 Å². The van der Waals surface area contributed by atoms with Crippen LogP contribution in [0.25, 0.3) is 0 Å². The van der Waals surface area contributed by atoms with Crippen LogP contribution in [-0.4, -0.2) is 38.2 Å². The molecule has 1 heterocycles. The summed E-state index contributed by atoms with van der Waals surface area (Å²) in [4.78, 5) is 23.1. The fraction of sp³-hybridized carbons (Fsp3) is 0.529. The smallest absolute Gasteiger partial charge is 0.305 e. The first kappa shape index (κ1) is 17.3. The molecule has 1 aliphatic rings. The number of methoxy groups -OCH3 is 1. The Labute approximate surface area is 136 Å². The quantitative estimate of drug-likeness (QED) is 0.594. The highest BCUT2D eigenvalue weighted by molar-refractivity contribution is 5.94. The fourth-order valence-corrected chi connectivity index (χ4v) is 2.45. The van der Waals surface area contributed by atoms with Crippen LogP contribution in [0.2, 0.25) is 0 Å². The Morgan fingerprint density at radius 1 is 1.26 bits per heavy atom. The Morgan fingerprint density at radius 2 is 2.04 bits per heavy atom. The number of piperidine rings is 1. The fourth-order valence-electron chi connectivity index (χ4n) is 2.45. The molecule has 0 aromatic heterocycles. The molecule has 1 aromatic carbocycles. The molecule has 0 bridgehead atoms. The molecule has 1 unspecified atom stereocenters. The molecule has 2 rings (SSSR count). The van der Waals surface area contributed by atoms with Gasteiger partial charge < -0.3 is 20.1 Å². The van der Waals surface area contributed by atoms with Gasteiger partial charge in [-0.05, 0) is 50.1 Å². The van der Waals surface area contributed by atoms with E-state index in [0.717, 1.165) is 31.5 Å². The lowest BCUT2D eigenvalue weighted by Gasteiger charge is -2.22. The molecule has 0 radical (unpaired) electrons. The number of hydrogen-bond acceptors (Lipinski definition) is 5. The van der Waals surface area contributed by atoms with E-state index in [0.29, 0.717) is 25.2 Å². The van der Waals surface area contributed by atoms with Gasteiger partial charge in [-0.15, -0.1) is 0 Å². The highest BCUT2D eigenvalue weighted by Gasteiger charge is 2.20. The van der Waals surface area contributed by atoms with Crippen LogP contribution < -0.4 is 15.4 Å². The van der Waals surface area contributed by atoms with Gasteiger partial charge in [0, 0.05) is 12.1 Å². The van der Waals surface area contributed by atoms with Gasteiger partial charge in [-0.25, -0.2) is 0 Å². The number of hydrogen-bond donors (Lipinski definition) is 2. The minimum absolute atomic E-state index is 0.0106. The summed E-state index contributed by atoms with van der Waals surface area (Å²) in [5.41, 5.74) is 0.754. The van der Waals surface area contributed by atoms with Crippen molar-refractivity contribution in [3.8, 4) is 5.75 Å². The summed E-state index contributed by atoms with van der Waals surface area (Å²) in [5, 5.41) is 6.13. The third-order valence-corrected chi connectivity index (χ3v) is 3.77. The van der Waals surface area contributed by atoms with E-state index < -0.39 is 0 Å². The molecule has 1 aliphatic heterocycles. The summed E-state index contributed by atoms with van der Waals surface area (Å²) in [7, 11) is 1.37. The minimum Gasteiger partial charge on any atom is -0.494 e. The average Bonchev–Trinajstić information content (AvgIpc) is 2.60. The van der Waals surface area contributed by atoms with Gasteiger partial charge in [0.15, 0.2) is 0 Å². The van der Waals surface area contributed by atoms with Gasteiger partial charge >= 0.3 is 5.97 Å². The Morgan fingerprint density at radius 3 is 2.70 bits per heavy atom. The second-order valence-electron chi connectivity index (χ2n) is 5.54. The van der Waals surface area contributed by atoms with Crippen molar-refractivity contribution in [2.75, 3.05) is 25.6 Å². The summed E-state index contributed by atoms with van der Waals surface area (Å²) in [6.07, 6.45) is 4.06. The molecule has 1 saturated heterocycles. The van der Waals surface area contributed by atoms with Gasteiger partial charge in [0.05, 0.1) is 19.8 Å². The van der Waals surface area contributed by atoms with Crippen LogP contribution in [0.1, 0.15) is 32.1 Å². The second kappa shape index (κ2) is 9.15. The van der Waals surface area contributed by atoms with E-state index in [1.54, 1.807) is 0 Å². The maximum absolute atomic E-state index is 12.1. The molecule has 6 heteroatoms. The van der Waals surface area contributed by atoms with Crippen molar-refractivity contribution in [3.05, 3.63) is 24.3 Å². The van der Waals surface area contributed by atoms with Crippen LogP contribution in [-0.2, 0) is 14.3 Å². The van der Waals surface area contributed by atoms with Gasteiger partial charge in [0.1, 0.15) is 5.75 Å². The van der Waals surface area contributed by atoms with Gasteiger partial charge in [0.2, 0.25) is 5.91 Å². The van der Waals surface area contributed by atoms with E-state index in [2.05, 4.69) is 15.4 Å². The van der Waals surface area contributed by atoms with Gasteiger partial charge in [-0.1, -0.05) is 6.42 Å². The first-order chi connectivity index (χ1) is 11.2. The van der Waals surface area contributed by atoms with Crippen molar-refractivity contribution in [3.63, 3.8) is 0 Å². The Bertz CT molecular complexity index is 510. The summed E-state index contributed by atoms with van der Waals surface area (Å²) < 4.78 is 10.1. The Balaban J connectivity index is 1.73. The predicted octanol–water partition coefficient (Wildman–Crippen LogP) is 2.10. The lowest BCUT2D eigenvalue weighted by Crippen LogP contribution is -2.43. The van der Waals surface area contributed by atoms with Crippen LogP contribution in [0, 0.1) is 0 Å². The molecule has 0 spiro atoms. The summed E-state index contributed by atoms with van der Waals surface area (Å²) in [6, 6.07) is 7.15. The van der Waals surface area contributed by atoms with E-state index in [1.807, 2.05) is 24.3 Å². The molecular formula is C17H24N2O4. The van der Waals surface area contributed by atoms with Crippen LogP contribution in [0.3, 0.4) is 0 Å². The zero-order valence-corrected chi connectivity index (χ0v) is 13.5. The summed E-state index contributed by atoms with van der Waals surface area (Å²) in [6.45, 7) is 1.35. The highest BCUT2D eigenvalue weighted by atomic mass is 16.5. The monoisotopic (exact) mass is 320 g/mol. The van der Waals surface area contributed by atoms with Crippen molar-refractivity contribution in [2.45, 2.75) is 38.1 Å². The van der Waals surface area contributed by atoms with Crippen LogP contribution in [0.4, 0.5) is 5.69 Å². The van der Waals surface area contributed by atoms with Gasteiger partial charge in [-0.2, -0.15) is 0 Å². The number of carbonyl (C=O) groups excluding carboxylic acids is 2. The normalized spacial score (nSPS) is 17.3. The first-order valence-electron chi connectivity index (χ1n) is 8.03. The number of carbonyl (C=O) groups is 2. The van der Waals surface area contributed by atoms with E-state index in [1.165, 1.54) is 7.11 Å². The number of ether oxygens (including phenoxy) is 2. The number of benzene rings is 1. The minimum atomic E-state index is -0.233. The molecule has 6 nitrogen and oxygen atoms in total. The molecule has 23 heavy (non-hydrogen) atoms. The Kier molecular flexibility index (Phi) is 6.87. The number of amides is 1. The SMILES string of the molecule is COC(=O)CCCOc1ccc(NC(=O)C2CCCCN2)cc1. The van der Waals surface area contributed by atoms with Crippen molar-refractivity contribution in [1.29, 1.82) is 0 Å². The second-order valence-corrected chi connectivity index (χ2v) is 5.54. The molecule has 1 atom stereocenters. The molecule has 1 aromatic rings. The van der Waals surface area contributed by atoms with Crippen molar-refractivity contribution in [1.82, 2.24) is 5.32 Å². The summed E-state index contributed by atoms with van der Waals surface area (Å²) in [5.74, 6) is 0.489. The largest absolute Gasteiger partial charge is 0.494 e. The van der Waals surface area contributed by atoms with Gasteiger partial charge in [0.25, 0.3) is 0 Å². The van der Waals surface area contributed by atoms with Crippen LogP contribution in [0.5, 0.6) is 5.75 Å². The zero-order chi connectivity index (χ0) is 16.5. The highest BCUT2D eigenvalue weighted by Crippen LogP contribution is 2.17. The lowest BCUT2D eigenvalue weighted by atomic mass is 10.0. The van der Waals surface area contributed by atoms with Crippen molar-refractivity contribution in [2.24, 2.45) is 0 Å². The van der Waals surface area contributed by atoms with Crippen LogP contribution >= 0.6 is 0 Å². The molecule has 1 amide bonds. The molecule has 0 saturated carbocycles. The standard InChI is InChI=1S/C17H24N2O4/c1-22-16(20)6-4-12-23-14-9-7-13(8-10-14)19-17(21)15-5-2-3-11-18-15/h7-10,15,18H,2-6,11-12H2,1H3,(H,19,21). The van der Waals surface area contributed by atoms with Gasteiger partial charge in [-0.3, -0.25) is 9.59 Å². The topological polar surface area (TPSA) is 76.7 Å². The number of rotatable bonds is 7. The number of anilines is 1. The van der Waals surface area contributed by atoms with E-state index in [4.69, 9.17) is 4.74 Å². The molecular weight excluding hydrogens is 296 g/mol. The average molecular weight is 320 g/mol. The maximum Gasteiger partial charge on any atom is 0.305 e. The van der Waals surface area contributed by atoms with E-state index >= 15 is 0 Å². The molecule has 0 aliphatic carbocycles. The molecule has 2 N–H and O–H groups in total. The predicted molar refractivity (Wildman–Crippen MR) is 87.5 cm³/mol. The maximum atomic E-state index is 12.1. The molecule has 1 fully saturated rings. The third-order valence-electron chi connectivity index (χ3n) is 3.77. The first-order valence-corrected chi connectivity index (χ1v) is 8.03. The zero-order valence-electron chi connectivity index (χ0n) is 13.5. The van der Waals surface area contributed by atoms with E-state index in [9.17, 15) is 9.59 Å².